The van der Waals surface area contributed by atoms with Crippen molar-refractivity contribution in [2.45, 2.75) is 45.4 Å². The van der Waals surface area contributed by atoms with Gasteiger partial charge in [0.05, 0.1) is 0 Å². The fourth-order valence-corrected chi connectivity index (χ4v) is 4.17. The molecule has 0 radical (unpaired) electrons. The number of nitrogens with one attached hydrogen (secondary N) is 3. The van der Waals surface area contributed by atoms with E-state index >= 15 is 0 Å². The summed E-state index contributed by atoms with van der Waals surface area (Å²) in [7, 11) is 1.79. The molecule has 0 amide bonds. The van der Waals surface area contributed by atoms with Crippen LogP contribution in [0.1, 0.15) is 44.6 Å². The molecule has 156 valence electrons. The van der Waals surface area contributed by atoms with Gasteiger partial charge in [-0.3, -0.25) is 4.99 Å². The molecule has 1 aromatic carbocycles. The number of aliphatic imine (C=N–C) groups is 1. The Morgan fingerprint density at radius 3 is 2.75 bits per heavy atom. The number of hydrogen-bond donors (Lipinski definition) is 3. The van der Waals surface area contributed by atoms with Crippen molar-refractivity contribution in [1.82, 2.24) is 15.6 Å². The zero-order valence-corrected chi connectivity index (χ0v) is 19.6. The number of methoxy groups -OCH3 is 1. The second kappa shape index (κ2) is 11.7. The van der Waals surface area contributed by atoms with Crippen molar-refractivity contribution >= 4 is 40.8 Å². The van der Waals surface area contributed by atoms with Crippen molar-refractivity contribution in [1.29, 1.82) is 0 Å². The minimum Gasteiger partial charge on any atom is -0.385 e. The number of H-pyrrole nitrogens is 1. The summed E-state index contributed by atoms with van der Waals surface area (Å²) in [4.78, 5) is 8.29. The molecule has 1 saturated carbocycles. The van der Waals surface area contributed by atoms with Crippen molar-refractivity contribution in [3.63, 3.8) is 0 Å². The Hall–Kier alpha value is -1.28. The molecule has 0 aliphatic heterocycles. The molecular weight excluding hydrogens is 463 g/mol. The number of aromatic nitrogens is 1. The van der Waals surface area contributed by atoms with Gasteiger partial charge in [-0.15, -0.1) is 24.0 Å². The second-order valence-corrected chi connectivity index (χ2v) is 7.68. The Bertz CT molecular complexity index is 737. The lowest BCUT2D eigenvalue weighted by atomic mass is 9.83. The molecule has 1 fully saturated rings. The van der Waals surface area contributed by atoms with Crippen molar-refractivity contribution < 1.29 is 4.74 Å². The highest BCUT2D eigenvalue weighted by Gasteiger charge is 2.33. The average Bonchev–Trinajstić information content (AvgIpc) is 3.32. The van der Waals surface area contributed by atoms with Crippen LogP contribution in [0.2, 0.25) is 0 Å². The normalized spacial score (nSPS) is 16.1. The third-order valence-corrected chi connectivity index (χ3v) is 5.78. The van der Waals surface area contributed by atoms with Crippen molar-refractivity contribution in [2.75, 3.05) is 33.4 Å². The molecule has 1 aliphatic rings. The molecule has 28 heavy (non-hydrogen) atoms. The molecule has 0 spiro atoms. The van der Waals surface area contributed by atoms with E-state index in [2.05, 4.69) is 53.0 Å². The van der Waals surface area contributed by atoms with Gasteiger partial charge in [-0.05, 0) is 49.7 Å². The second-order valence-electron chi connectivity index (χ2n) is 7.68. The van der Waals surface area contributed by atoms with Crippen LogP contribution in [0.15, 0.2) is 35.5 Å². The van der Waals surface area contributed by atoms with Crippen LogP contribution in [-0.2, 0) is 11.2 Å². The molecule has 0 bridgehead atoms. The Morgan fingerprint density at radius 1 is 1.21 bits per heavy atom. The lowest BCUT2D eigenvalue weighted by Crippen LogP contribution is -2.39. The van der Waals surface area contributed by atoms with Crippen LogP contribution in [0, 0.1) is 5.41 Å². The summed E-state index contributed by atoms with van der Waals surface area (Å²) in [5, 5.41) is 8.22. The minimum absolute atomic E-state index is 0. The van der Waals surface area contributed by atoms with Crippen LogP contribution in [0.25, 0.3) is 10.9 Å². The van der Waals surface area contributed by atoms with Gasteiger partial charge in [0.1, 0.15) is 0 Å². The van der Waals surface area contributed by atoms with Crippen LogP contribution < -0.4 is 10.6 Å². The van der Waals surface area contributed by atoms with Gasteiger partial charge in [0.15, 0.2) is 5.96 Å². The number of fused-ring (bicyclic) bond motifs is 1. The quantitative estimate of drug-likeness (QED) is 0.272. The van der Waals surface area contributed by atoms with Crippen LogP contribution in [0.4, 0.5) is 0 Å². The molecular formula is C22H35IN4O. The summed E-state index contributed by atoms with van der Waals surface area (Å²) in [5.74, 6) is 0.932. The van der Waals surface area contributed by atoms with Gasteiger partial charge in [0.2, 0.25) is 0 Å². The van der Waals surface area contributed by atoms with E-state index in [1.807, 2.05) is 0 Å². The van der Waals surface area contributed by atoms with Crippen LogP contribution in [0.3, 0.4) is 0 Å². The SMILES string of the molecule is CCNC(=NCC1(CCOC)CCCC1)NCCc1c[nH]c2ccccc12.I. The fraction of sp³-hybridized carbons (Fsp3) is 0.591. The first-order valence-electron chi connectivity index (χ1n) is 10.3. The highest BCUT2D eigenvalue weighted by atomic mass is 127. The van der Waals surface area contributed by atoms with Crippen molar-refractivity contribution in [2.24, 2.45) is 10.4 Å². The molecule has 0 saturated heterocycles. The van der Waals surface area contributed by atoms with E-state index in [0.717, 1.165) is 45.0 Å². The first-order valence-corrected chi connectivity index (χ1v) is 10.3. The Balaban J connectivity index is 0.00000280. The average molecular weight is 498 g/mol. The number of rotatable bonds is 9. The predicted molar refractivity (Wildman–Crippen MR) is 129 cm³/mol. The van der Waals surface area contributed by atoms with Crippen LogP contribution in [0.5, 0.6) is 0 Å². The van der Waals surface area contributed by atoms with Gasteiger partial charge >= 0.3 is 0 Å². The highest BCUT2D eigenvalue weighted by molar-refractivity contribution is 14.0. The molecule has 1 heterocycles. The number of hydrogen-bond acceptors (Lipinski definition) is 2. The lowest BCUT2D eigenvalue weighted by molar-refractivity contribution is 0.141. The number of aromatic amines is 1. The Kier molecular flexibility index (Phi) is 9.58. The van der Waals surface area contributed by atoms with Crippen LogP contribution >= 0.6 is 24.0 Å². The topological polar surface area (TPSA) is 61.4 Å². The fourth-order valence-electron chi connectivity index (χ4n) is 4.17. The maximum atomic E-state index is 5.34. The third kappa shape index (κ3) is 6.11. The van der Waals surface area contributed by atoms with Gasteiger partial charge < -0.3 is 20.4 Å². The van der Waals surface area contributed by atoms with Gasteiger partial charge in [-0.2, -0.15) is 0 Å². The summed E-state index contributed by atoms with van der Waals surface area (Å²) in [6.45, 7) is 5.59. The molecule has 0 atom stereocenters. The molecule has 5 nitrogen and oxygen atoms in total. The monoisotopic (exact) mass is 498 g/mol. The zero-order valence-electron chi connectivity index (χ0n) is 17.2. The Labute approximate surface area is 186 Å². The van der Waals surface area contributed by atoms with E-state index in [0.29, 0.717) is 5.41 Å². The van der Waals surface area contributed by atoms with Crippen LogP contribution in [-0.4, -0.2) is 44.3 Å². The Morgan fingerprint density at radius 2 is 2.00 bits per heavy atom. The van der Waals surface area contributed by atoms with Crippen molar-refractivity contribution in [3.8, 4) is 0 Å². The number of ether oxygens (including phenoxy) is 1. The maximum absolute atomic E-state index is 5.34. The summed E-state index contributed by atoms with van der Waals surface area (Å²) in [6, 6.07) is 8.47. The minimum atomic E-state index is 0. The first-order chi connectivity index (χ1) is 13.3. The number of guanidine groups is 1. The van der Waals surface area contributed by atoms with E-state index in [4.69, 9.17) is 9.73 Å². The molecule has 6 heteroatoms. The molecule has 3 rings (SSSR count). The number of halogens is 1. The first kappa shape index (κ1) is 23.0. The standard InChI is InChI=1S/C22H34N4O.HI/c1-3-23-21(26-17-22(13-15-27-2)11-6-7-12-22)24-14-10-18-16-25-20-9-5-4-8-19(18)20;/h4-5,8-9,16,25H,3,6-7,10-15,17H2,1-2H3,(H2,23,24,26);1H. The van der Waals surface area contributed by atoms with Gasteiger partial charge in [-0.25, -0.2) is 0 Å². The largest absolute Gasteiger partial charge is 0.385 e. The summed E-state index contributed by atoms with van der Waals surface area (Å²) in [5.41, 5.74) is 2.88. The summed E-state index contributed by atoms with van der Waals surface area (Å²) >= 11 is 0. The van der Waals surface area contributed by atoms with E-state index in [1.165, 1.54) is 42.1 Å². The zero-order chi connectivity index (χ0) is 19.0. The van der Waals surface area contributed by atoms with E-state index in [1.54, 1.807) is 7.11 Å². The van der Waals surface area contributed by atoms with Gasteiger partial charge in [-0.1, -0.05) is 31.0 Å². The highest BCUT2D eigenvalue weighted by Crippen LogP contribution is 2.41. The lowest BCUT2D eigenvalue weighted by Gasteiger charge is -2.27. The predicted octanol–water partition coefficient (Wildman–Crippen LogP) is 4.48. The third-order valence-electron chi connectivity index (χ3n) is 5.78. The molecule has 3 N–H and O–H groups in total. The molecule has 0 unspecified atom stereocenters. The molecule has 2 aromatic rings. The number of nitrogens with zero attached hydrogens (tertiary/aromatic N) is 1. The summed E-state index contributed by atoms with van der Waals surface area (Å²) in [6.07, 6.45) is 9.40. The maximum Gasteiger partial charge on any atom is 0.191 e. The number of para-hydroxylation sites is 1. The van der Waals surface area contributed by atoms with E-state index in [9.17, 15) is 0 Å². The van der Waals surface area contributed by atoms with E-state index in [-0.39, 0.29) is 24.0 Å². The van der Waals surface area contributed by atoms with E-state index < -0.39 is 0 Å². The summed E-state index contributed by atoms with van der Waals surface area (Å²) < 4.78 is 5.34. The van der Waals surface area contributed by atoms with Gasteiger partial charge in [0.25, 0.3) is 0 Å². The number of benzene rings is 1. The molecule has 1 aliphatic carbocycles. The smallest absolute Gasteiger partial charge is 0.191 e. The van der Waals surface area contributed by atoms with Crippen molar-refractivity contribution in [3.05, 3.63) is 36.0 Å². The molecule has 1 aromatic heterocycles. The van der Waals surface area contributed by atoms with Gasteiger partial charge in [0, 0.05) is 50.5 Å².